The normalized spacial score (nSPS) is 10.2. The minimum Gasteiger partial charge on any atom is -0.481 e. The molecule has 0 radical (unpaired) electrons. The Morgan fingerprint density at radius 1 is 1.58 bits per heavy atom. The lowest BCUT2D eigenvalue weighted by Gasteiger charge is -2.13. The van der Waals surface area contributed by atoms with Crippen molar-refractivity contribution >= 4 is 5.97 Å². The van der Waals surface area contributed by atoms with Crippen LogP contribution in [0.3, 0.4) is 0 Å². The van der Waals surface area contributed by atoms with Crippen molar-refractivity contribution in [1.29, 1.82) is 0 Å². The van der Waals surface area contributed by atoms with Crippen LogP contribution in [0.25, 0.3) is 0 Å². The Labute approximate surface area is 73.7 Å². The standard InChI is InChI=1S/C9H17NO2/c1-3-4-7-10(2)8-5-6-9(11)12/h3H,1,4-8H2,2H3,(H,11,12). The minimum absolute atomic E-state index is 0.262. The van der Waals surface area contributed by atoms with E-state index in [0.29, 0.717) is 0 Å². The molecule has 0 bridgehead atoms. The van der Waals surface area contributed by atoms with Gasteiger partial charge in [0.25, 0.3) is 0 Å². The summed E-state index contributed by atoms with van der Waals surface area (Å²) in [6.07, 6.45) is 3.82. The summed E-state index contributed by atoms with van der Waals surface area (Å²) in [5.74, 6) is -0.716. The van der Waals surface area contributed by atoms with Crippen LogP contribution in [0, 0.1) is 0 Å². The fourth-order valence-corrected chi connectivity index (χ4v) is 0.924. The molecule has 0 aliphatic heterocycles. The molecular formula is C9H17NO2. The van der Waals surface area contributed by atoms with E-state index < -0.39 is 5.97 Å². The highest BCUT2D eigenvalue weighted by Crippen LogP contribution is 1.94. The van der Waals surface area contributed by atoms with Crippen molar-refractivity contribution in [3.05, 3.63) is 12.7 Å². The van der Waals surface area contributed by atoms with Crippen molar-refractivity contribution in [3.63, 3.8) is 0 Å². The van der Waals surface area contributed by atoms with Crippen molar-refractivity contribution in [1.82, 2.24) is 4.90 Å². The summed E-state index contributed by atoms with van der Waals surface area (Å²) in [6.45, 7) is 5.43. The summed E-state index contributed by atoms with van der Waals surface area (Å²) < 4.78 is 0. The number of carbonyl (C=O) groups is 1. The van der Waals surface area contributed by atoms with Crippen LogP contribution in [0.2, 0.25) is 0 Å². The van der Waals surface area contributed by atoms with Gasteiger partial charge in [0.1, 0.15) is 0 Å². The summed E-state index contributed by atoms with van der Waals surface area (Å²) in [7, 11) is 1.99. The summed E-state index contributed by atoms with van der Waals surface area (Å²) >= 11 is 0. The van der Waals surface area contributed by atoms with E-state index in [-0.39, 0.29) is 6.42 Å². The average molecular weight is 171 g/mol. The predicted octanol–water partition coefficient (Wildman–Crippen LogP) is 1.36. The molecule has 0 amide bonds. The number of hydrogen-bond donors (Lipinski definition) is 1. The maximum absolute atomic E-state index is 10.2. The van der Waals surface area contributed by atoms with Gasteiger partial charge in [-0.2, -0.15) is 0 Å². The number of aliphatic carboxylic acids is 1. The molecule has 3 heteroatoms. The van der Waals surface area contributed by atoms with Gasteiger partial charge < -0.3 is 10.0 Å². The van der Waals surface area contributed by atoms with Gasteiger partial charge in [0.15, 0.2) is 0 Å². The molecule has 0 fully saturated rings. The first-order chi connectivity index (χ1) is 5.66. The van der Waals surface area contributed by atoms with Crippen molar-refractivity contribution in [3.8, 4) is 0 Å². The third-order valence-corrected chi connectivity index (χ3v) is 1.65. The van der Waals surface area contributed by atoms with E-state index in [4.69, 9.17) is 5.11 Å². The average Bonchev–Trinajstić information content (AvgIpc) is 2.00. The molecule has 0 aromatic carbocycles. The predicted molar refractivity (Wildman–Crippen MR) is 49.2 cm³/mol. The molecule has 0 saturated carbocycles. The molecule has 70 valence electrons. The molecule has 1 N–H and O–H groups in total. The Morgan fingerprint density at radius 3 is 2.75 bits per heavy atom. The third kappa shape index (κ3) is 7.28. The van der Waals surface area contributed by atoms with E-state index in [1.807, 2.05) is 13.1 Å². The smallest absolute Gasteiger partial charge is 0.303 e. The number of carboxylic acids is 1. The number of carboxylic acid groups (broad SMARTS) is 1. The van der Waals surface area contributed by atoms with Gasteiger partial charge in [0.05, 0.1) is 0 Å². The zero-order chi connectivity index (χ0) is 9.40. The minimum atomic E-state index is -0.716. The summed E-state index contributed by atoms with van der Waals surface area (Å²) in [6, 6.07) is 0. The van der Waals surface area contributed by atoms with E-state index >= 15 is 0 Å². The highest BCUT2D eigenvalue weighted by Gasteiger charge is 1.99. The quantitative estimate of drug-likeness (QED) is 0.588. The Bertz CT molecular complexity index is 145. The van der Waals surface area contributed by atoms with E-state index in [1.165, 1.54) is 0 Å². The van der Waals surface area contributed by atoms with Gasteiger partial charge in [-0.3, -0.25) is 4.79 Å². The van der Waals surface area contributed by atoms with E-state index in [9.17, 15) is 4.79 Å². The number of hydrogen-bond acceptors (Lipinski definition) is 2. The third-order valence-electron chi connectivity index (χ3n) is 1.65. The molecule has 0 saturated heterocycles. The van der Waals surface area contributed by atoms with E-state index in [2.05, 4.69) is 11.5 Å². The van der Waals surface area contributed by atoms with Gasteiger partial charge in [-0.25, -0.2) is 0 Å². The number of rotatable bonds is 7. The highest BCUT2D eigenvalue weighted by atomic mass is 16.4. The van der Waals surface area contributed by atoms with Gasteiger partial charge >= 0.3 is 5.97 Å². The van der Waals surface area contributed by atoms with Crippen LogP contribution in [0.5, 0.6) is 0 Å². The Kier molecular flexibility index (Phi) is 6.38. The lowest BCUT2D eigenvalue weighted by atomic mass is 10.3. The first-order valence-electron chi connectivity index (χ1n) is 4.18. The molecule has 0 aliphatic carbocycles. The van der Waals surface area contributed by atoms with Gasteiger partial charge in [-0.05, 0) is 26.4 Å². The maximum atomic E-state index is 10.2. The molecule has 0 rings (SSSR count). The molecular weight excluding hydrogens is 154 g/mol. The van der Waals surface area contributed by atoms with Gasteiger partial charge in [0.2, 0.25) is 0 Å². The zero-order valence-corrected chi connectivity index (χ0v) is 7.62. The first kappa shape index (κ1) is 11.2. The maximum Gasteiger partial charge on any atom is 0.303 e. The van der Waals surface area contributed by atoms with Crippen molar-refractivity contribution in [2.75, 3.05) is 20.1 Å². The summed E-state index contributed by atoms with van der Waals surface area (Å²) in [5.41, 5.74) is 0. The van der Waals surface area contributed by atoms with E-state index in [1.54, 1.807) is 0 Å². The molecule has 3 nitrogen and oxygen atoms in total. The second-order valence-electron chi connectivity index (χ2n) is 2.88. The van der Waals surface area contributed by atoms with Crippen LogP contribution in [0.1, 0.15) is 19.3 Å². The SMILES string of the molecule is C=CCCN(C)CCCC(=O)O. The molecule has 0 aromatic rings. The van der Waals surface area contributed by atoms with Crippen molar-refractivity contribution < 1.29 is 9.90 Å². The second kappa shape index (κ2) is 6.85. The van der Waals surface area contributed by atoms with Gasteiger partial charge in [-0.1, -0.05) is 6.08 Å². The van der Waals surface area contributed by atoms with Crippen LogP contribution >= 0.6 is 0 Å². The topological polar surface area (TPSA) is 40.5 Å². The highest BCUT2D eigenvalue weighted by molar-refractivity contribution is 5.66. The lowest BCUT2D eigenvalue weighted by molar-refractivity contribution is -0.137. The second-order valence-corrected chi connectivity index (χ2v) is 2.88. The fraction of sp³-hybridized carbons (Fsp3) is 0.667. The Hall–Kier alpha value is -0.830. The lowest BCUT2D eigenvalue weighted by Crippen LogP contribution is -2.21. The zero-order valence-electron chi connectivity index (χ0n) is 7.62. The molecule has 12 heavy (non-hydrogen) atoms. The van der Waals surface area contributed by atoms with Crippen LogP contribution in [-0.4, -0.2) is 36.1 Å². The van der Waals surface area contributed by atoms with Gasteiger partial charge in [0, 0.05) is 13.0 Å². The molecule has 0 spiro atoms. The largest absolute Gasteiger partial charge is 0.481 e. The van der Waals surface area contributed by atoms with Gasteiger partial charge in [-0.15, -0.1) is 6.58 Å². The monoisotopic (exact) mass is 171 g/mol. The number of nitrogens with zero attached hydrogens (tertiary/aromatic N) is 1. The van der Waals surface area contributed by atoms with Crippen LogP contribution in [-0.2, 0) is 4.79 Å². The Morgan fingerprint density at radius 2 is 2.25 bits per heavy atom. The first-order valence-corrected chi connectivity index (χ1v) is 4.18. The van der Waals surface area contributed by atoms with Crippen LogP contribution in [0.4, 0.5) is 0 Å². The summed E-state index contributed by atoms with van der Waals surface area (Å²) in [5, 5.41) is 8.37. The molecule has 0 aliphatic rings. The molecule has 0 heterocycles. The van der Waals surface area contributed by atoms with Crippen molar-refractivity contribution in [2.24, 2.45) is 0 Å². The van der Waals surface area contributed by atoms with Crippen molar-refractivity contribution in [2.45, 2.75) is 19.3 Å². The molecule has 0 unspecified atom stereocenters. The summed E-state index contributed by atoms with van der Waals surface area (Å²) in [4.78, 5) is 12.3. The van der Waals surface area contributed by atoms with E-state index in [0.717, 1.165) is 25.9 Å². The fourth-order valence-electron chi connectivity index (χ4n) is 0.924. The van der Waals surface area contributed by atoms with Crippen LogP contribution in [0.15, 0.2) is 12.7 Å². The molecule has 0 aromatic heterocycles. The molecule has 0 atom stereocenters. The Balaban J connectivity index is 3.24. The van der Waals surface area contributed by atoms with Crippen LogP contribution < -0.4 is 0 Å².